The van der Waals surface area contributed by atoms with Crippen molar-refractivity contribution in [2.75, 3.05) is 5.32 Å². The van der Waals surface area contributed by atoms with Crippen molar-refractivity contribution in [2.24, 2.45) is 0 Å². The van der Waals surface area contributed by atoms with Crippen molar-refractivity contribution in [3.63, 3.8) is 0 Å². The van der Waals surface area contributed by atoms with Crippen molar-refractivity contribution in [2.45, 2.75) is 0 Å². The van der Waals surface area contributed by atoms with Crippen LogP contribution in [0.25, 0.3) is 11.3 Å². The summed E-state index contributed by atoms with van der Waals surface area (Å²) in [5.74, 6) is -0.202. The molecule has 0 radical (unpaired) electrons. The number of benzene rings is 1. The van der Waals surface area contributed by atoms with E-state index < -0.39 is 0 Å². The summed E-state index contributed by atoms with van der Waals surface area (Å²) in [6.07, 6.45) is 3.22. The number of nitrogens with one attached hydrogen (secondary N) is 1. The Morgan fingerprint density at radius 1 is 1.05 bits per heavy atom. The van der Waals surface area contributed by atoms with Crippen LogP contribution in [0.5, 0.6) is 0 Å². The van der Waals surface area contributed by atoms with Gasteiger partial charge in [-0.25, -0.2) is 4.98 Å². The molecule has 0 spiro atoms. The van der Waals surface area contributed by atoms with E-state index in [-0.39, 0.29) is 5.91 Å². The van der Waals surface area contributed by atoms with Gasteiger partial charge in [0.05, 0.1) is 11.3 Å². The Labute approximate surface area is 120 Å². The summed E-state index contributed by atoms with van der Waals surface area (Å²) in [7, 11) is 0. The van der Waals surface area contributed by atoms with E-state index in [1.54, 1.807) is 18.5 Å². The number of aromatic nitrogens is 2. The number of nitrogens with zero attached hydrogens (tertiary/aromatic N) is 2. The number of thiazole rings is 1. The predicted octanol–water partition coefficient (Wildman–Crippen LogP) is 3.46. The van der Waals surface area contributed by atoms with Crippen LogP contribution in [0.2, 0.25) is 0 Å². The van der Waals surface area contributed by atoms with Gasteiger partial charge in [0.25, 0.3) is 5.91 Å². The van der Waals surface area contributed by atoms with Gasteiger partial charge >= 0.3 is 0 Å². The highest BCUT2D eigenvalue weighted by Crippen LogP contribution is 2.17. The predicted molar refractivity (Wildman–Crippen MR) is 79.7 cm³/mol. The summed E-state index contributed by atoms with van der Waals surface area (Å²) >= 11 is 1.38. The lowest BCUT2D eigenvalue weighted by Crippen LogP contribution is -2.11. The maximum atomic E-state index is 12.0. The second-order valence-electron chi connectivity index (χ2n) is 4.09. The highest BCUT2D eigenvalue weighted by Gasteiger charge is 2.08. The lowest BCUT2D eigenvalue weighted by Gasteiger charge is -2.03. The molecule has 2 aromatic heterocycles. The summed E-state index contributed by atoms with van der Waals surface area (Å²) in [4.78, 5) is 20.3. The van der Waals surface area contributed by atoms with Gasteiger partial charge in [-0.2, -0.15) is 0 Å². The number of hydrogen-bond donors (Lipinski definition) is 1. The first-order valence-corrected chi connectivity index (χ1v) is 6.93. The average molecular weight is 281 g/mol. The van der Waals surface area contributed by atoms with Crippen LogP contribution in [-0.2, 0) is 0 Å². The number of pyridine rings is 1. The first-order valence-electron chi connectivity index (χ1n) is 6.05. The summed E-state index contributed by atoms with van der Waals surface area (Å²) < 4.78 is 0. The molecule has 0 saturated carbocycles. The molecule has 3 aromatic rings. The molecule has 3 rings (SSSR count). The topological polar surface area (TPSA) is 54.9 Å². The van der Waals surface area contributed by atoms with Gasteiger partial charge < -0.3 is 0 Å². The highest BCUT2D eigenvalue weighted by atomic mass is 32.1. The van der Waals surface area contributed by atoms with Crippen LogP contribution >= 0.6 is 11.3 Å². The fraction of sp³-hybridized carbons (Fsp3) is 0. The summed E-state index contributed by atoms with van der Waals surface area (Å²) in [6.45, 7) is 0. The van der Waals surface area contributed by atoms with Crippen molar-refractivity contribution < 1.29 is 4.79 Å². The molecule has 0 aliphatic carbocycles. The molecule has 0 aliphatic heterocycles. The van der Waals surface area contributed by atoms with Crippen molar-refractivity contribution in [1.29, 1.82) is 0 Å². The molecular weight excluding hydrogens is 270 g/mol. The molecule has 5 heteroatoms. The second-order valence-corrected chi connectivity index (χ2v) is 4.98. The molecule has 0 fully saturated rings. The fourth-order valence-electron chi connectivity index (χ4n) is 1.76. The normalized spacial score (nSPS) is 10.2. The third-order valence-corrected chi connectivity index (χ3v) is 3.44. The van der Waals surface area contributed by atoms with Crippen molar-refractivity contribution >= 4 is 22.4 Å². The van der Waals surface area contributed by atoms with E-state index in [4.69, 9.17) is 0 Å². The van der Waals surface area contributed by atoms with Gasteiger partial charge in [0.15, 0.2) is 5.13 Å². The van der Waals surface area contributed by atoms with Gasteiger partial charge in [0, 0.05) is 23.3 Å². The van der Waals surface area contributed by atoms with Crippen molar-refractivity contribution in [3.05, 3.63) is 65.8 Å². The number of anilines is 1. The molecule has 1 amide bonds. The minimum Gasteiger partial charge on any atom is -0.298 e. The molecule has 0 unspecified atom stereocenters. The third-order valence-electron chi connectivity index (χ3n) is 2.75. The molecular formula is C15H11N3OS. The number of rotatable bonds is 3. The zero-order chi connectivity index (χ0) is 13.8. The second kappa shape index (κ2) is 5.63. The maximum absolute atomic E-state index is 12.0. The Morgan fingerprint density at radius 2 is 1.90 bits per heavy atom. The molecule has 0 bridgehead atoms. The molecule has 0 saturated heterocycles. The molecule has 0 atom stereocenters. The minimum atomic E-state index is -0.202. The number of hydrogen-bond acceptors (Lipinski definition) is 4. The van der Waals surface area contributed by atoms with E-state index >= 15 is 0 Å². The Kier molecular flexibility index (Phi) is 3.52. The third kappa shape index (κ3) is 2.73. The first kappa shape index (κ1) is 12.5. The van der Waals surface area contributed by atoms with E-state index in [1.165, 1.54) is 11.3 Å². The highest BCUT2D eigenvalue weighted by molar-refractivity contribution is 7.13. The number of carbonyl (C=O) groups excluding carboxylic acids is 1. The largest absolute Gasteiger partial charge is 0.298 e. The van der Waals surface area contributed by atoms with Gasteiger partial charge in [0.1, 0.15) is 0 Å². The first-order chi connectivity index (χ1) is 9.83. The molecule has 2 heterocycles. The van der Waals surface area contributed by atoms with Gasteiger partial charge in [0.2, 0.25) is 0 Å². The Morgan fingerprint density at radius 3 is 2.55 bits per heavy atom. The van der Waals surface area contributed by atoms with E-state index in [1.807, 2.05) is 41.8 Å². The Hall–Kier alpha value is -2.53. The summed E-state index contributed by atoms with van der Waals surface area (Å²) in [5.41, 5.74) is 2.38. The molecule has 0 aliphatic rings. The lowest BCUT2D eigenvalue weighted by atomic mass is 10.1. The van der Waals surface area contributed by atoms with Gasteiger partial charge in [-0.1, -0.05) is 30.3 Å². The lowest BCUT2D eigenvalue weighted by molar-refractivity contribution is 0.102. The Balaban J connectivity index is 1.78. The molecule has 98 valence electrons. The summed E-state index contributed by atoms with van der Waals surface area (Å²) in [6, 6.07) is 13.4. The van der Waals surface area contributed by atoms with Crippen LogP contribution in [0.1, 0.15) is 10.4 Å². The van der Waals surface area contributed by atoms with Gasteiger partial charge in [-0.05, 0) is 12.1 Å². The Bertz CT molecular complexity index is 694. The quantitative estimate of drug-likeness (QED) is 0.800. The van der Waals surface area contributed by atoms with E-state index in [2.05, 4.69) is 15.3 Å². The zero-order valence-corrected chi connectivity index (χ0v) is 11.3. The van der Waals surface area contributed by atoms with Crippen LogP contribution in [0.3, 0.4) is 0 Å². The standard InChI is InChI=1S/C15H11N3OS/c19-14(18-15-16-8-9-20-15)12-6-7-13(17-10-12)11-4-2-1-3-5-11/h1-10H,(H,16,18,19). The molecule has 4 nitrogen and oxygen atoms in total. The van der Waals surface area contributed by atoms with Gasteiger partial charge in [-0.3, -0.25) is 15.1 Å². The molecule has 1 aromatic carbocycles. The van der Waals surface area contributed by atoms with Crippen LogP contribution in [0.4, 0.5) is 5.13 Å². The molecule has 1 N–H and O–H groups in total. The smallest absolute Gasteiger partial charge is 0.259 e. The van der Waals surface area contributed by atoms with E-state index in [0.29, 0.717) is 10.7 Å². The zero-order valence-electron chi connectivity index (χ0n) is 10.5. The van der Waals surface area contributed by atoms with Crippen LogP contribution in [0.15, 0.2) is 60.2 Å². The maximum Gasteiger partial charge on any atom is 0.259 e. The SMILES string of the molecule is O=C(Nc1nccs1)c1ccc(-c2ccccc2)nc1. The minimum absolute atomic E-state index is 0.202. The van der Waals surface area contributed by atoms with Crippen molar-refractivity contribution in [1.82, 2.24) is 9.97 Å². The van der Waals surface area contributed by atoms with E-state index in [9.17, 15) is 4.79 Å². The van der Waals surface area contributed by atoms with Crippen molar-refractivity contribution in [3.8, 4) is 11.3 Å². The van der Waals surface area contributed by atoms with Crippen LogP contribution < -0.4 is 5.32 Å². The van der Waals surface area contributed by atoms with Crippen LogP contribution in [0, 0.1) is 0 Å². The van der Waals surface area contributed by atoms with Crippen LogP contribution in [-0.4, -0.2) is 15.9 Å². The summed E-state index contributed by atoms with van der Waals surface area (Å²) in [5, 5.41) is 5.12. The number of amides is 1. The van der Waals surface area contributed by atoms with E-state index in [0.717, 1.165) is 11.3 Å². The van der Waals surface area contributed by atoms with Gasteiger partial charge in [-0.15, -0.1) is 11.3 Å². The fourth-order valence-corrected chi connectivity index (χ4v) is 2.29. The monoisotopic (exact) mass is 281 g/mol. The average Bonchev–Trinajstić information content (AvgIpc) is 3.01. The number of carbonyl (C=O) groups is 1. The molecule has 20 heavy (non-hydrogen) atoms.